The predicted octanol–water partition coefficient (Wildman–Crippen LogP) is 1.71. The summed E-state index contributed by atoms with van der Waals surface area (Å²) >= 11 is 0. The molecular weight excluding hydrogens is 337 g/mol. The first-order valence-corrected chi connectivity index (χ1v) is 7.72. The van der Waals surface area contributed by atoms with Gasteiger partial charge in [-0.25, -0.2) is 4.79 Å². The molecular formula is C16H25Cl2N3O2. The van der Waals surface area contributed by atoms with Gasteiger partial charge in [-0.05, 0) is 24.6 Å². The Labute approximate surface area is 149 Å². The average Bonchev–Trinajstić information content (AvgIpc) is 3.03. The summed E-state index contributed by atoms with van der Waals surface area (Å²) in [6, 6.07) is 8.02. The van der Waals surface area contributed by atoms with E-state index in [1.807, 2.05) is 12.1 Å². The molecule has 2 fully saturated rings. The molecule has 2 saturated heterocycles. The van der Waals surface area contributed by atoms with E-state index in [4.69, 9.17) is 0 Å². The Bertz CT molecular complexity index is 502. The van der Waals surface area contributed by atoms with E-state index in [0.717, 1.165) is 51.4 Å². The van der Waals surface area contributed by atoms with Gasteiger partial charge in [0.05, 0.1) is 5.56 Å². The second-order valence-electron chi connectivity index (χ2n) is 5.92. The van der Waals surface area contributed by atoms with Crippen LogP contribution in [0.4, 0.5) is 0 Å². The highest BCUT2D eigenvalue weighted by Gasteiger charge is 2.26. The van der Waals surface area contributed by atoms with Crippen molar-refractivity contribution in [2.75, 3.05) is 39.3 Å². The number of nitrogens with one attached hydrogen (secondary N) is 1. The molecule has 0 amide bonds. The predicted molar refractivity (Wildman–Crippen MR) is 96.0 cm³/mol. The minimum Gasteiger partial charge on any atom is -0.478 e. The van der Waals surface area contributed by atoms with Crippen molar-refractivity contribution in [3.8, 4) is 0 Å². The van der Waals surface area contributed by atoms with Crippen molar-refractivity contribution in [1.29, 1.82) is 0 Å². The molecule has 1 atom stereocenters. The van der Waals surface area contributed by atoms with Gasteiger partial charge in [-0.2, -0.15) is 0 Å². The van der Waals surface area contributed by atoms with Crippen molar-refractivity contribution in [1.82, 2.24) is 15.1 Å². The highest BCUT2D eigenvalue weighted by Crippen LogP contribution is 2.16. The van der Waals surface area contributed by atoms with E-state index in [9.17, 15) is 9.90 Å². The summed E-state index contributed by atoms with van der Waals surface area (Å²) in [6.07, 6.45) is 1.25. The van der Waals surface area contributed by atoms with Gasteiger partial charge in [0.15, 0.2) is 0 Å². The van der Waals surface area contributed by atoms with Crippen LogP contribution in [-0.4, -0.2) is 66.2 Å². The SMILES string of the molecule is Cl.Cl.O=C(O)c1ccccc1CN1CCN(C2CCNC2)CC1. The maximum atomic E-state index is 11.3. The zero-order valence-corrected chi connectivity index (χ0v) is 14.7. The van der Waals surface area contributed by atoms with Crippen LogP contribution in [0.5, 0.6) is 0 Å². The van der Waals surface area contributed by atoms with E-state index in [0.29, 0.717) is 11.6 Å². The van der Waals surface area contributed by atoms with Crippen molar-refractivity contribution < 1.29 is 9.90 Å². The van der Waals surface area contributed by atoms with Gasteiger partial charge < -0.3 is 10.4 Å². The lowest BCUT2D eigenvalue weighted by atomic mass is 10.1. The summed E-state index contributed by atoms with van der Waals surface area (Å²) in [4.78, 5) is 16.2. The molecule has 0 radical (unpaired) electrons. The van der Waals surface area contributed by atoms with Crippen LogP contribution in [0.25, 0.3) is 0 Å². The van der Waals surface area contributed by atoms with E-state index in [2.05, 4.69) is 15.1 Å². The largest absolute Gasteiger partial charge is 0.478 e. The highest BCUT2D eigenvalue weighted by molar-refractivity contribution is 5.89. The molecule has 3 rings (SSSR count). The molecule has 130 valence electrons. The molecule has 1 aromatic rings. The molecule has 1 unspecified atom stereocenters. The van der Waals surface area contributed by atoms with Crippen molar-refractivity contribution >= 4 is 30.8 Å². The van der Waals surface area contributed by atoms with Crippen LogP contribution in [0.3, 0.4) is 0 Å². The van der Waals surface area contributed by atoms with Crippen LogP contribution < -0.4 is 5.32 Å². The summed E-state index contributed by atoms with van der Waals surface area (Å²) in [5.41, 5.74) is 1.35. The lowest BCUT2D eigenvalue weighted by molar-refractivity contribution is 0.0691. The number of rotatable bonds is 4. The van der Waals surface area contributed by atoms with Gasteiger partial charge in [-0.1, -0.05) is 18.2 Å². The Hall–Kier alpha value is -0.850. The van der Waals surface area contributed by atoms with Crippen LogP contribution in [0, 0.1) is 0 Å². The summed E-state index contributed by atoms with van der Waals surface area (Å²) in [6.45, 7) is 7.19. The number of carboxylic acids is 1. The average molecular weight is 362 g/mol. The fraction of sp³-hybridized carbons (Fsp3) is 0.562. The number of carbonyl (C=O) groups is 1. The molecule has 5 nitrogen and oxygen atoms in total. The second-order valence-corrected chi connectivity index (χ2v) is 5.92. The lowest BCUT2D eigenvalue weighted by Gasteiger charge is -2.37. The first-order valence-electron chi connectivity index (χ1n) is 7.72. The van der Waals surface area contributed by atoms with E-state index in [1.165, 1.54) is 6.42 Å². The molecule has 2 aliphatic heterocycles. The number of carboxylic acid groups (broad SMARTS) is 1. The molecule has 0 bridgehead atoms. The quantitative estimate of drug-likeness (QED) is 0.854. The van der Waals surface area contributed by atoms with Crippen molar-refractivity contribution in [3.05, 3.63) is 35.4 Å². The molecule has 2 heterocycles. The number of nitrogens with zero attached hydrogens (tertiary/aromatic N) is 2. The molecule has 0 aromatic heterocycles. The zero-order valence-electron chi connectivity index (χ0n) is 13.1. The minimum atomic E-state index is -0.832. The van der Waals surface area contributed by atoms with Gasteiger partial charge in [0.1, 0.15) is 0 Å². The van der Waals surface area contributed by atoms with Gasteiger partial charge in [-0.15, -0.1) is 24.8 Å². The number of halogens is 2. The third-order valence-electron chi connectivity index (χ3n) is 4.60. The normalized spacial score (nSPS) is 22.2. The molecule has 2 N–H and O–H groups in total. The molecule has 1 aromatic carbocycles. The fourth-order valence-corrected chi connectivity index (χ4v) is 3.35. The maximum absolute atomic E-state index is 11.3. The van der Waals surface area contributed by atoms with Crippen molar-refractivity contribution in [3.63, 3.8) is 0 Å². The van der Waals surface area contributed by atoms with Crippen molar-refractivity contribution in [2.45, 2.75) is 19.0 Å². The Balaban J connectivity index is 0.00000132. The van der Waals surface area contributed by atoms with Crippen LogP contribution in [-0.2, 0) is 6.54 Å². The Morgan fingerprint density at radius 3 is 2.48 bits per heavy atom. The summed E-state index contributed by atoms with van der Waals surface area (Å²) in [7, 11) is 0. The molecule has 0 spiro atoms. The molecule has 7 heteroatoms. The fourth-order valence-electron chi connectivity index (χ4n) is 3.35. The van der Waals surface area contributed by atoms with Crippen LogP contribution in [0.15, 0.2) is 24.3 Å². The van der Waals surface area contributed by atoms with Crippen LogP contribution in [0.2, 0.25) is 0 Å². The first kappa shape index (κ1) is 20.2. The zero-order chi connectivity index (χ0) is 14.7. The van der Waals surface area contributed by atoms with Crippen LogP contribution >= 0.6 is 24.8 Å². The second kappa shape index (κ2) is 9.45. The van der Waals surface area contributed by atoms with Gasteiger partial charge in [-0.3, -0.25) is 9.80 Å². The van der Waals surface area contributed by atoms with Crippen LogP contribution in [0.1, 0.15) is 22.3 Å². The Morgan fingerprint density at radius 1 is 1.17 bits per heavy atom. The monoisotopic (exact) mass is 361 g/mol. The summed E-state index contributed by atoms with van der Waals surface area (Å²) in [5, 5.41) is 12.7. The summed E-state index contributed by atoms with van der Waals surface area (Å²) < 4.78 is 0. The first-order chi connectivity index (χ1) is 10.2. The number of hydrogen-bond acceptors (Lipinski definition) is 4. The van der Waals surface area contributed by atoms with Gasteiger partial charge >= 0.3 is 5.97 Å². The van der Waals surface area contributed by atoms with Gasteiger partial charge in [0, 0.05) is 45.3 Å². The number of aromatic carboxylic acids is 1. The molecule has 23 heavy (non-hydrogen) atoms. The third-order valence-corrected chi connectivity index (χ3v) is 4.60. The van der Waals surface area contributed by atoms with Crippen molar-refractivity contribution in [2.24, 2.45) is 0 Å². The van der Waals surface area contributed by atoms with E-state index < -0.39 is 5.97 Å². The summed E-state index contributed by atoms with van der Waals surface area (Å²) in [5.74, 6) is -0.832. The third kappa shape index (κ3) is 5.06. The standard InChI is InChI=1S/C16H23N3O2.2ClH/c20-16(21)15-4-2-1-3-13(15)12-18-7-9-19(10-8-18)14-5-6-17-11-14;;/h1-4,14,17H,5-12H2,(H,20,21);2*1H. The molecule has 0 aliphatic carbocycles. The Kier molecular flexibility index (Phi) is 8.29. The van der Waals surface area contributed by atoms with Gasteiger partial charge in [0.25, 0.3) is 0 Å². The minimum absolute atomic E-state index is 0. The smallest absolute Gasteiger partial charge is 0.336 e. The molecule has 2 aliphatic rings. The maximum Gasteiger partial charge on any atom is 0.336 e. The lowest BCUT2D eigenvalue weighted by Crippen LogP contribution is -2.50. The number of benzene rings is 1. The van der Waals surface area contributed by atoms with E-state index >= 15 is 0 Å². The topological polar surface area (TPSA) is 55.8 Å². The van der Waals surface area contributed by atoms with Gasteiger partial charge in [0.2, 0.25) is 0 Å². The Morgan fingerprint density at radius 2 is 1.87 bits per heavy atom. The van der Waals surface area contributed by atoms with E-state index in [-0.39, 0.29) is 24.8 Å². The number of piperazine rings is 1. The molecule has 0 saturated carbocycles. The number of hydrogen-bond donors (Lipinski definition) is 2. The highest BCUT2D eigenvalue weighted by atomic mass is 35.5. The van der Waals surface area contributed by atoms with E-state index in [1.54, 1.807) is 12.1 Å².